The minimum atomic E-state index is -0.119. The standard InChI is InChI=1S/C27H32ClN5O2/c1-3-33-23-9-5-4-8-22(23)29-25(27(33)35)32-12-6-7-20(18-32)26(34)31-15-13-30(14-16-31)24-17-21(28)11-10-19(24)2/h4-5,8-11,17,20H,3,6-7,12-16,18H2,1-2H3/t20-/m1/s1. The van der Waals surface area contributed by atoms with Crippen molar-refractivity contribution in [3.8, 4) is 0 Å². The number of aromatic nitrogens is 2. The number of benzene rings is 2. The number of nitrogens with zero attached hydrogens (tertiary/aromatic N) is 5. The molecule has 1 aromatic heterocycles. The highest BCUT2D eigenvalue weighted by molar-refractivity contribution is 6.30. The normalized spacial score (nSPS) is 18.8. The van der Waals surface area contributed by atoms with Crippen LogP contribution in [0, 0.1) is 12.8 Å². The van der Waals surface area contributed by atoms with Crippen LogP contribution in [-0.4, -0.2) is 59.6 Å². The Morgan fingerprint density at radius 3 is 2.60 bits per heavy atom. The molecule has 0 saturated carbocycles. The number of anilines is 2. The molecular formula is C27H32ClN5O2. The summed E-state index contributed by atoms with van der Waals surface area (Å²) in [5.74, 6) is 0.532. The van der Waals surface area contributed by atoms with Gasteiger partial charge in [0.15, 0.2) is 5.82 Å². The lowest BCUT2D eigenvalue weighted by atomic mass is 9.96. The highest BCUT2D eigenvalue weighted by Crippen LogP contribution is 2.27. The quantitative estimate of drug-likeness (QED) is 0.551. The van der Waals surface area contributed by atoms with E-state index in [0.717, 1.165) is 54.2 Å². The molecule has 2 aliphatic heterocycles. The molecule has 8 heteroatoms. The molecule has 2 saturated heterocycles. The summed E-state index contributed by atoms with van der Waals surface area (Å²) in [6.45, 7) is 8.90. The van der Waals surface area contributed by atoms with Crippen LogP contribution >= 0.6 is 11.6 Å². The number of amides is 1. The number of carbonyl (C=O) groups excluding carboxylic acids is 1. The number of halogens is 1. The Morgan fingerprint density at radius 1 is 1.06 bits per heavy atom. The van der Waals surface area contributed by atoms with Crippen molar-refractivity contribution in [3.05, 3.63) is 63.4 Å². The van der Waals surface area contributed by atoms with Crippen molar-refractivity contribution in [2.75, 3.05) is 49.1 Å². The van der Waals surface area contributed by atoms with Crippen LogP contribution in [0.4, 0.5) is 11.5 Å². The molecule has 0 radical (unpaired) electrons. The Kier molecular flexibility index (Phi) is 6.69. The number of piperidine rings is 1. The van der Waals surface area contributed by atoms with E-state index in [0.29, 0.717) is 32.0 Å². The number of carbonyl (C=O) groups is 1. The second-order valence-corrected chi connectivity index (χ2v) is 9.94. The van der Waals surface area contributed by atoms with Crippen LogP contribution in [0.25, 0.3) is 11.0 Å². The zero-order valence-electron chi connectivity index (χ0n) is 20.4. The number of aryl methyl sites for hydroxylation is 2. The number of piperazine rings is 1. The third-order valence-electron chi connectivity index (χ3n) is 7.32. The Hall–Kier alpha value is -3.06. The molecule has 0 bridgehead atoms. The van der Waals surface area contributed by atoms with Gasteiger partial charge in [-0.25, -0.2) is 4.98 Å². The topological polar surface area (TPSA) is 61.7 Å². The Labute approximate surface area is 210 Å². The van der Waals surface area contributed by atoms with Gasteiger partial charge in [0.1, 0.15) is 0 Å². The van der Waals surface area contributed by atoms with Crippen LogP contribution in [0.5, 0.6) is 0 Å². The van der Waals surface area contributed by atoms with Gasteiger partial charge in [-0.2, -0.15) is 0 Å². The first-order valence-electron chi connectivity index (χ1n) is 12.5. The zero-order valence-corrected chi connectivity index (χ0v) is 21.2. The van der Waals surface area contributed by atoms with Crippen molar-refractivity contribution >= 4 is 40.0 Å². The fourth-order valence-electron chi connectivity index (χ4n) is 5.42. The van der Waals surface area contributed by atoms with E-state index in [2.05, 4.69) is 11.8 Å². The third-order valence-corrected chi connectivity index (χ3v) is 7.56. The van der Waals surface area contributed by atoms with Crippen LogP contribution in [0.2, 0.25) is 5.02 Å². The molecule has 7 nitrogen and oxygen atoms in total. The van der Waals surface area contributed by atoms with Crippen LogP contribution in [0.15, 0.2) is 47.3 Å². The van der Waals surface area contributed by atoms with Gasteiger partial charge in [-0.15, -0.1) is 0 Å². The van der Waals surface area contributed by atoms with E-state index in [1.807, 2.05) is 59.2 Å². The van der Waals surface area contributed by atoms with Gasteiger partial charge in [-0.3, -0.25) is 9.59 Å². The van der Waals surface area contributed by atoms with Crippen LogP contribution in [0.1, 0.15) is 25.3 Å². The number of hydrogen-bond donors (Lipinski definition) is 0. The Bertz CT molecular complexity index is 1300. The highest BCUT2D eigenvalue weighted by Gasteiger charge is 2.33. The number of para-hydroxylation sites is 2. The third kappa shape index (κ3) is 4.61. The van der Waals surface area contributed by atoms with E-state index in [1.165, 1.54) is 5.56 Å². The van der Waals surface area contributed by atoms with E-state index in [1.54, 1.807) is 4.57 Å². The first kappa shape index (κ1) is 23.7. The molecular weight excluding hydrogens is 462 g/mol. The number of fused-ring (bicyclic) bond motifs is 1. The molecule has 0 aliphatic carbocycles. The summed E-state index contributed by atoms with van der Waals surface area (Å²) in [4.78, 5) is 37.8. The molecule has 1 atom stereocenters. The number of rotatable bonds is 4. The molecule has 2 aromatic carbocycles. The van der Waals surface area contributed by atoms with E-state index < -0.39 is 0 Å². The maximum absolute atomic E-state index is 13.5. The maximum Gasteiger partial charge on any atom is 0.293 e. The Morgan fingerprint density at radius 2 is 1.83 bits per heavy atom. The molecule has 0 N–H and O–H groups in total. The molecule has 0 unspecified atom stereocenters. The zero-order chi connectivity index (χ0) is 24.5. The van der Waals surface area contributed by atoms with Crippen LogP contribution < -0.4 is 15.4 Å². The molecule has 184 valence electrons. The molecule has 35 heavy (non-hydrogen) atoms. The van der Waals surface area contributed by atoms with Crippen molar-refractivity contribution in [1.29, 1.82) is 0 Å². The minimum Gasteiger partial charge on any atom is -0.368 e. The summed E-state index contributed by atoms with van der Waals surface area (Å²) in [5, 5.41) is 0.732. The van der Waals surface area contributed by atoms with Crippen LogP contribution in [-0.2, 0) is 11.3 Å². The lowest BCUT2D eigenvalue weighted by molar-refractivity contribution is -0.136. The second kappa shape index (κ2) is 9.90. The monoisotopic (exact) mass is 493 g/mol. The molecule has 1 amide bonds. The van der Waals surface area contributed by atoms with Crippen molar-refractivity contribution in [2.24, 2.45) is 5.92 Å². The molecule has 2 aliphatic rings. The van der Waals surface area contributed by atoms with Gasteiger partial charge in [-0.05, 0) is 56.5 Å². The van der Waals surface area contributed by atoms with E-state index in [4.69, 9.17) is 16.6 Å². The van der Waals surface area contributed by atoms with Gasteiger partial charge in [-0.1, -0.05) is 29.8 Å². The van der Waals surface area contributed by atoms with Gasteiger partial charge >= 0.3 is 0 Å². The first-order valence-corrected chi connectivity index (χ1v) is 12.9. The predicted molar refractivity (Wildman–Crippen MR) is 142 cm³/mol. The smallest absolute Gasteiger partial charge is 0.293 e. The maximum atomic E-state index is 13.5. The highest BCUT2D eigenvalue weighted by atomic mass is 35.5. The molecule has 5 rings (SSSR count). The predicted octanol–water partition coefficient (Wildman–Crippen LogP) is 3.94. The SMILES string of the molecule is CCn1c(=O)c(N2CCC[C@@H](C(=O)N3CCN(c4cc(Cl)ccc4C)CC3)C2)nc2ccccc21. The average Bonchev–Trinajstić information content (AvgIpc) is 2.89. The summed E-state index contributed by atoms with van der Waals surface area (Å²) < 4.78 is 1.78. The molecule has 2 fully saturated rings. The van der Waals surface area contributed by atoms with Gasteiger partial charge in [0, 0.05) is 56.5 Å². The van der Waals surface area contributed by atoms with Gasteiger partial charge in [0.2, 0.25) is 5.91 Å². The number of hydrogen-bond acceptors (Lipinski definition) is 5. The summed E-state index contributed by atoms with van der Waals surface area (Å²) in [6, 6.07) is 13.7. The molecule has 3 aromatic rings. The minimum absolute atomic E-state index is 0.0789. The molecule has 0 spiro atoms. The van der Waals surface area contributed by atoms with Gasteiger partial charge in [0.25, 0.3) is 5.56 Å². The molecule has 3 heterocycles. The van der Waals surface area contributed by atoms with Gasteiger partial charge in [0.05, 0.1) is 17.0 Å². The summed E-state index contributed by atoms with van der Waals surface area (Å²) in [5.41, 5.74) is 3.91. The summed E-state index contributed by atoms with van der Waals surface area (Å²) >= 11 is 6.22. The largest absolute Gasteiger partial charge is 0.368 e. The van der Waals surface area contributed by atoms with E-state index in [-0.39, 0.29) is 17.4 Å². The van der Waals surface area contributed by atoms with E-state index in [9.17, 15) is 9.59 Å². The Balaban J connectivity index is 1.29. The average molecular weight is 494 g/mol. The van der Waals surface area contributed by atoms with E-state index >= 15 is 0 Å². The van der Waals surface area contributed by atoms with Gasteiger partial charge < -0.3 is 19.3 Å². The first-order chi connectivity index (χ1) is 17.0. The fourth-order valence-corrected chi connectivity index (χ4v) is 5.59. The van der Waals surface area contributed by atoms with Crippen molar-refractivity contribution in [1.82, 2.24) is 14.5 Å². The summed E-state index contributed by atoms with van der Waals surface area (Å²) in [6.07, 6.45) is 1.72. The lowest BCUT2D eigenvalue weighted by Crippen LogP contribution is -2.53. The lowest BCUT2D eigenvalue weighted by Gasteiger charge is -2.40. The fraction of sp³-hybridized carbons (Fsp3) is 0.444. The van der Waals surface area contributed by atoms with Crippen LogP contribution in [0.3, 0.4) is 0 Å². The van der Waals surface area contributed by atoms with Crippen molar-refractivity contribution < 1.29 is 4.79 Å². The van der Waals surface area contributed by atoms with Crippen molar-refractivity contribution in [3.63, 3.8) is 0 Å². The second-order valence-electron chi connectivity index (χ2n) is 9.50. The van der Waals surface area contributed by atoms with Crippen molar-refractivity contribution in [2.45, 2.75) is 33.2 Å². The summed E-state index contributed by atoms with van der Waals surface area (Å²) in [7, 11) is 0.